The van der Waals surface area contributed by atoms with E-state index in [-0.39, 0.29) is 5.41 Å². The van der Waals surface area contributed by atoms with Crippen LogP contribution in [0.25, 0.3) is 22.5 Å². The number of imidazole rings is 1. The average Bonchev–Trinajstić information content (AvgIpc) is 3.34. The molecule has 0 radical (unpaired) electrons. The molecule has 162 valence electrons. The first-order valence-corrected chi connectivity index (χ1v) is 10.7. The maximum absolute atomic E-state index is 5.90. The summed E-state index contributed by atoms with van der Waals surface area (Å²) in [7, 11) is 1.90. The molecule has 0 aromatic carbocycles. The molecule has 1 aliphatic heterocycles. The molecule has 4 heterocycles. The van der Waals surface area contributed by atoms with E-state index in [9.17, 15) is 0 Å². The Morgan fingerprint density at radius 3 is 2.71 bits per heavy atom. The summed E-state index contributed by atoms with van der Waals surface area (Å²) in [5, 5.41) is 11.0. The van der Waals surface area contributed by atoms with Crippen LogP contribution in [0.2, 0.25) is 0 Å². The first-order chi connectivity index (χ1) is 14.8. The second-order valence-corrected chi connectivity index (χ2v) is 9.10. The van der Waals surface area contributed by atoms with Gasteiger partial charge in [0.15, 0.2) is 11.5 Å². The van der Waals surface area contributed by atoms with Gasteiger partial charge >= 0.3 is 0 Å². The number of nitrogens with zero attached hydrogens (tertiary/aromatic N) is 5. The molecule has 0 aliphatic carbocycles. The maximum Gasteiger partial charge on any atom is 0.181 e. The number of nitrogens with two attached hydrogens (primary N) is 1. The highest BCUT2D eigenvalue weighted by atomic mass is 32.1. The molecular weight excluding hydrogens is 408 g/mol. The number of aromatic nitrogens is 5. The van der Waals surface area contributed by atoms with Gasteiger partial charge < -0.3 is 16.4 Å². The number of hydrogen-bond acceptors (Lipinski definition) is 6. The number of nitrogens with one attached hydrogen (secondary N) is 2. The topological polar surface area (TPSA) is 98.1 Å². The first-order valence-electron chi connectivity index (χ1n) is 10.3. The van der Waals surface area contributed by atoms with Crippen LogP contribution >= 0.6 is 12.2 Å². The van der Waals surface area contributed by atoms with Gasteiger partial charge in [0.25, 0.3) is 0 Å². The fourth-order valence-electron chi connectivity index (χ4n) is 3.67. The second-order valence-electron chi connectivity index (χ2n) is 8.69. The molecular formula is C22H28N8S. The largest absolute Gasteiger partial charge is 0.404 e. The minimum absolute atomic E-state index is 0.196. The van der Waals surface area contributed by atoms with Crippen molar-refractivity contribution in [3.63, 3.8) is 0 Å². The van der Waals surface area contributed by atoms with Crippen LogP contribution in [0.5, 0.6) is 0 Å². The Balaban J connectivity index is 1.84. The van der Waals surface area contributed by atoms with Crippen molar-refractivity contribution in [3.8, 4) is 11.3 Å². The zero-order valence-electron chi connectivity index (χ0n) is 18.3. The summed E-state index contributed by atoms with van der Waals surface area (Å²) in [6.45, 7) is 7.98. The van der Waals surface area contributed by atoms with Crippen molar-refractivity contribution in [3.05, 3.63) is 48.3 Å². The van der Waals surface area contributed by atoms with Gasteiger partial charge in [0.2, 0.25) is 0 Å². The summed E-state index contributed by atoms with van der Waals surface area (Å²) in [4.78, 5) is 10.1. The number of thiocarbonyl (C=S) groups is 1. The summed E-state index contributed by atoms with van der Waals surface area (Å²) in [6, 6.07) is 0. The quantitative estimate of drug-likeness (QED) is 0.427. The SMILES string of the molecule is Cn1cc(-c2cnc3c(NC(=S)C(=CN)C(C)(C)C)nc(C4=CCCNC4)cn23)cn1. The van der Waals surface area contributed by atoms with E-state index in [2.05, 4.69) is 47.6 Å². The van der Waals surface area contributed by atoms with Gasteiger partial charge in [-0.05, 0) is 24.0 Å². The van der Waals surface area contributed by atoms with E-state index in [1.165, 1.54) is 0 Å². The summed E-state index contributed by atoms with van der Waals surface area (Å²) in [6.07, 6.45) is 12.4. The predicted octanol–water partition coefficient (Wildman–Crippen LogP) is 3.13. The van der Waals surface area contributed by atoms with Crippen LogP contribution in [0, 0.1) is 5.41 Å². The standard InChI is InChI=1S/C22H28N8S/c1-22(2,3)16(8-23)21(31)28-19-20-25-11-18(15-10-26-29(4)12-15)30(20)13-17(27-19)14-6-5-7-24-9-14/h6,8,10-13,24H,5,7,9,23H2,1-4H3,(H,27,28,31). The van der Waals surface area contributed by atoms with Crippen molar-refractivity contribution >= 4 is 34.2 Å². The van der Waals surface area contributed by atoms with Crippen molar-refractivity contribution in [2.24, 2.45) is 18.2 Å². The minimum atomic E-state index is -0.196. The lowest BCUT2D eigenvalue weighted by molar-refractivity contribution is 0.524. The molecule has 8 nitrogen and oxygen atoms in total. The monoisotopic (exact) mass is 436 g/mol. The number of rotatable bonds is 4. The molecule has 9 heteroatoms. The van der Waals surface area contributed by atoms with Crippen LogP contribution in [0.1, 0.15) is 32.9 Å². The molecule has 0 unspecified atom stereocenters. The average molecular weight is 437 g/mol. The molecule has 0 saturated heterocycles. The Labute approximate surface area is 187 Å². The van der Waals surface area contributed by atoms with Gasteiger partial charge in [-0.25, -0.2) is 9.97 Å². The molecule has 0 saturated carbocycles. The molecule has 4 N–H and O–H groups in total. The Kier molecular flexibility index (Phi) is 5.63. The molecule has 4 rings (SSSR count). The number of anilines is 1. The van der Waals surface area contributed by atoms with Crippen molar-refractivity contribution in [1.29, 1.82) is 0 Å². The van der Waals surface area contributed by atoms with Crippen molar-refractivity contribution in [2.75, 3.05) is 18.4 Å². The molecule has 31 heavy (non-hydrogen) atoms. The second kappa shape index (κ2) is 8.24. The Hall–Kier alpha value is -3.04. The Morgan fingerprint density at radius 1 is 1.29 bits per heavy atom. The fraction of sp³-hybridized carbons (Fsp3) is 0.364. The highest BCUT2D eigenvalue weighted by Gasteiger charge is 2.23. The van der Waals surface area contributed by atoms with Gasteiger partial charge in [-0.1, -0.05) is 39.1 Å². The van der Waals surface area contributed by atoms with Crippen LogP contribution in [-0.2, 0) is 7.05 Å². The van der Waals surface area contributed by atoms with Crippen molar-refractivity contribution in [2.45, 2.75) is 27.2 Å². The lowest BCUT2D eigenvalue weighted by atomic mass is 9.87. The van der Waals surface area contributed by atoms with Crippen LogP contribution in [0.4, 0.5) is 5.82 Å². The summed E-state index contributed by atoms with van der Waals surface area (Å²) >= 11 is 5.69. The zero-order valence-corrected chi connectivity index (χ0v) is 19.1. The van der Waals surface area contributed by atoms with E-state index in [1.807, 2.05) is 36.2 Å². The number of aryl methyl sites for hydroxylation is 1. The van der Waals surface area contributed by atoms with E-state index in [0.717, 1.165) is 47.6 Å². The Morgan fingerprint density at radius 2 is 2.10 bits per heavy atom. The molecule has 0 amide bonds. The summed E-state index contributed by atoms with van der Waals surface area (Å²) < 4.78 is 3.82. The molecule has 3 aromatic heterocycles. The molecule has 0 atom stereocenters. The number of hydrogen-bond donors (Lipinski definition) is 3. The highest BCUT2D eigenvalue weighted by molar-refractivity contribution is 7.81. The zero-order chi connectivity index (χ0) is 22.2. The third-order valence-electron chi connectivity index (χ3n) is 5.30. The van der Waals surface area contributed by atoms with E-state index in [4.69, 9.17) is 22.9 Å². The van der Waals surface area contributed by atoms with Gasteiger partial charge in [-0.2, -0.15) is 5.10 Å². The predicted molar refractivity (Wildman–Crippen MR) is 129 cm³/mol. The fourth-order valence-corrected chi connectivity index (χ4v) is 4.14. The van der Waals surface area contributed by atoms with E-state index >= 15 is 0 Å². The first kappa shape index (κ1) is 21.2. The normalized spacial score (nSPS) is 15.2. The molecule has 3 aromatic rings. The van der Waals surface area contributed by atoms with Crippen LogP contribution in [0.15, 0.2) is 42.6 Å². The lowest BCUT2D eigenvalue weighted by Crippen LogP contribution is -2.25. The highest BCUT2D eigenvalue weighted by Crippen LogP contribution is 2.29. The van der Waals surface area contributed by atoms with Crippen LogP contribution < -0.4 is 16.4 Å². The van der Waals surface area contributed by atoms with Gasteiger partial charge in [-0.15, -0.1) is 0 Å². The van der Waals surface area contributed by atoms with E-state index in [0.29, 0.717) is 16.5 Å². The summed E-state index contributed by atoms with van der Waals surface area (Å²) in [5.74, 6) is 0.604. The summed E-state index contributed by atoms with van der Waals surface area (Å²) in [5.41, 5.74) is 11.2. The molecule has 0 fully saturated rings. The third kappa shape index (κ3) is 4.24. The minimum Gasteiger partial charge on any atom is -0.404 e. The molecule has 0 spiro atoms. The lowest BCUT2D eigenvalue weighted by Gasteiger charge is -2.24. The van der Waals surface area contributed by atoms with Gasteiger partial charge in [0.1, 0.15) is 4.99 Å². The Bertz CT molecular complexity index is 1190. The van der Waals surface area contributed by atoms with Crippen molar-refractivity contribution < 1.29 is 0 Å². The third-order valence-corrected chi connectivity index (χ3v) is 5.62. The van der Waals surface area contributed by atoms with Gasteiger partial charge in [-0.3, -0.25) is 9.08 Å². The van der Waals surface area contributed by atoms with E-state index < -0.39 is 0 Å². The molecule has 0 bridgehead atoms. The molecule has 1 aliphatic rings. The number of fused-ring (bicyclic) bond motifs is 1. The van der Waals surface area contributed by atoms with E-state index in [1.54, 1.807) is 10.9 Å². The maximum atomic E-state index is 5.90. The van der Waals surface area contributed by atoms with Crippen molar-refractivity contribution in [1.82, 2.24) is 29.5 Å². The van der Waals surface area contributed by atoms with Crippen LogP contribution in [0.3, 0.4) is 0 Å². The van der Waals surface area contributed by atoms with Gasteiger partial charge in [0, 0.05) is 43.3 Å². The van der Waals surface area contributed by atoms with Crippen LogP contribution in [-0.4, -0.2) is 42.2 Å². The smallest absolute Gasteiger partial charge is 0.181 e. The van der Waals surface area contributed by atoms with Gasteiger partial charge in [0.05, 0.1) is 23.8 Å².